The van der Waals surface area contributed by atoms with Crippen LogP contribution >= 0.6 is 11.6 Å². The van der Waals surface area contributed by atoms with Gasteiger partial charge in [0.15, 0.2) is 11.8 Å². The van der Waals surface area contributed by atoms with Gasteiger partial charge < -0.3 is 33.9 Å². The first kappa shape index (κ1) is 31.3. The molecule has 0 saturated carbocycles. The second-order valence-electron chi connectivity index (χ2n) is 11.5. The van der Waals surface area contributed by atoms with Crippen molar-refractivity contribution in [1.82, 2.24) is 14.5 Å². The molecule has 4 heterocycles. The van der Waals surface area contributed by atoms with Gasteiger partial charge in [0.05, 0.1) is 18.8 Å². The zero-order valence-electron chi connectivity index (χ0n) is 23.8. The number of rotatable bonds is 12. The first-order valence-electron chi connectivity index (χ1n) is 13.6. The molecule has 1 aromatic carbocycles. The highest BCUT2D eigenvalue weighted by molar-refractivity contribution is 6.76. The Bertz CT molecular complexity index is 1510. The number of carboxylic acids is 1. The van der Waals surface area contributed by atoms with Crippen molar-refractivity contribution < 1.29 is 47.5 Å². The molecule has 0 amide bonds. The number of imidazole rings is 1. The van der Waals surface area contributed by atoms with Crippen LogP contribution in [0.15, 0.2) is 24.3 Å². The summed E-state index contributed by atoms with van der Waals surface area (Å²) >= 11 is 6.42. The van der Waals surface area contributed by atoms with Crippen LogP contribution in [0.4, 0.5) is 8.78 Å². The van der Waals surface area contributed by atoms with Crippen molar-refractivity contribution in [2.75, 3.05) is 19.8 Å². The molecule has 5 rings (SSSR count). The fourth-order valence-electron chi connectivity index (χ4n) is 4.68. The van der Waals surface area contributed by atoms with E-state index in [4.69, 9.17) is 40.4 Å². The monoisotopic (exact) mass is 639 g/mol. The molecule has 0 unspecified atom stereocenters. The molecule has 3 aromatic rings. The highest BCUT2D eigenvalue weighted by Crippen LogP contribution is 2.33. The molecule has 0 aliphatic carbocycles. The van der Waals surface area contributed by atoms with Crippen molar-refractivity contribution in [3.8, 4) is 11.9 Å². The lowest BCUT2D eigenvalue weighted by molar-refractivity contribution is -0.131. The average Bonchev–Trinajstić information content (AvgIpc) is 3.59. The summed E-state index contributed by atoms with van der Waals surface area (Å²) in [6.45, 7) is 7.07. The number of aliphatic hydroxyl groups excluding tert-OH is 1. The highest BCUT2D eigenvalue weighted by Gasteiger charge is 2.49. The van der Waals surface area contributed by atoms with Crippen LogP contribution in [0.5, 0.6) is 11.9 Å². The smallest absolute Gasteiger partial charge is 0.328 e. The largest absolute Gasteiger partial charge is 0.478 e. The van der Waals surface area contributed by atoms with E-state index in [9.17, 15) is 18.7 Å². The van der Waals surface area contributed by atoms with E-state index in [1.807, 2.05) is 0 Å². The minimum absolute atomic E-state index is 0.0424. The van der Waals surface area contributed by atoms with Gasteiger partial charge in [0.1, 0.15) is 53.8 Å². The van der Waals surface area contributed by atoms with E-state index in [2.05, 4.69) is 29.6 Å². The van der Waals surface area contributed by atoms with Crippen molar-refractivity contribution in [3.63, 3.8) is 0 Å². The molecule has 0 radical (unpaired) electrons. The fourth-order valence-corrected chi connectivity index (χ4v) is 5.63. The van der Waals surface area contributed by atoms with Crippen LogP contribution < -0.4 is 9.47 Å². The van der Waals surface area contributed by atoms with E-state index in [0.717, 1.165) is 30.3 Å². The van der Waals surface area contributed by atoms with Crippen LogP contribution in [-0.2, 0) is 32.3 Å². The standard InChI is InChI=1S/C28H32ClF2N3O8Si/c1-43(2,3)7-6-38-14-34-26-20(32-28(34)42-22-13-40-24-21(35)12-39-25(22)24)10-17(29)27(33-26)41-11-16-18(30)8-15(9-19(16)31)4-5-23(36)37/h4-5,8-10,21-22,24-25,35H,6-7,11-14H2,1-3H3,(H,36,37)/b5-4+/t21-,22-,24-,25-/m1/s1. The number of pyridine rings is 1. The lowest BCUT2D eigenvalue weighted by Crippen LogP contribution is -2.35. The van der Waals surface area contributed by atoms with Crippen LogP contribution in [0.2, 0.25) is 30.7 Å². The predicted molar refractivity (Wildman–Crippen MR) is 154 cm³/mol. The number of aliphatic carboxylic acids is 1. The number of carbonyl (C=O) groups is 1. The van der Waals surface area contributed by atoms with E-state index in [-0.39, 0.29) is 48.0 Å². The number of hydrogen-bond donors (Lipinski definition) is 2. The van der Waals surface area contributed by atoms with Crippen molar-refractivity contribution in [2.45, 2.75) is 63.4 Å². The minimum atomic E-state index is -1.36. The zero-order chi connectivity index (χ0) is 30.9. The third kappa shape index (κ3) is 7.33. The number of ether oxygens (including phenoxy) is 5. The Hall–Kier alpha value is -3.14. The molecule has 2 aromatic heterocycles. The van der Waals surface area contributed by atoms with Crippen molar-refractivity contribution in [2.24, 2.45) is 0 Å². The summed E-state index contributed by atoms with van der Waals surface area (Å²) in [5.41, 5.74) is 0.337. The maximum absolute atomic E-state index is 14.7. The summed E-state index contributed by atoms with van der Waals surface area (Å²) < 4.78 is 60.1. The molecule has 2 fully saturated rings. The number of aromatic nitrogens is 3. The normalized spacial score (nSPS) is 22.0. The first-order valence-corrected chi connectivity index (χ1v) is 17.7. The van der Waals surface area contributed by atoms with Crippen LogP contribution in [-0.4, -0.2) is 83.0 Å². The summed E-state index contributed by atoms with van der Waals surface area (Å²) in [4.78, 5) is 19.8. The van der Waals surface area contributed by atoms with Crippen LogP contribution in [0.1, 0.15) is 11.1 Å². The Kier molecular flexibility index (Phi) is 9.34. The van der Waals surface area contributed by atoms with Gasteiger partial charge in [-0.3, -0.25) is 4.57 Å². The summed E-state index contributed by atoms with van der Waals surface area (Å²) in [7, 11) is -1.36. The van der Waals surface area contributed by atoms with Gasteiger partial charge >= 0.3 is 12.0 Å². The van der Waals surface area contributed by atoms with Crippen LogP contribution in [0.25, 0.3) is 17.2 Å². The number of benzene rings is 1. The maximum Gasteiger partial charge on any atom is 0.328 e. The van der Waals surface area contributed by atoms with Crippen molar-refractivity contribution in [1.29, 1.82) is 0 Å². The Morgan fingerprint density at radius 2 is 1.88 bits per heavy atom. The van der Waals surface area contributed by atoms with Gasteiger partial charge in [0.2, 0.25) is 5.88 Å². The molecule has 4 atom stereocenters. The molecule has 11 nitrogen and oxygen atoms in total. The van der Waals surface area contributed by atoms with E-state index in [1.54, 1.807) is 4.57 Å². The third-order valence-electron chi connectivity index (χ3n) is 7.00. The average molecular weight is 640 g/mol. The Balaban J connectivity index is 1.39. The van der Waals surface area contributed by atoms with Gasteiger partial charge in [-0.2, -0.15) is 9.97 Å². The lowest BCUT2D eigenvalue weighted by Gasteiger charge is -2.19. The Labute approximate surface area is 251 Å². The molecule has 2 saturated heterocycles. The number of fused-ring (bicyclic) bond motifs is 2. The number of aliphatic hydroxyl groups is 1. The molecule has 232 valence electrons. The van der Waals surface area contributed by atoms with Crippen LogP contribution in [0, 0.1) is 11.6 Å². The molecule has 0 spiro atoms. The second kappa shape index (κ2) is 12.8. The molecule has 15 heteroatoms. The maximum atomic E-state index is 14.7. The molecule has 0 bridgehead atoms. The minimum Gasteiger partial charge on any atom is -0.478 e. The highest BCUT2D eigenvalue weighted by atomic mass is 35.5. The number of nitrogens with zero attached hydrogens (tertiary/aromatic N) is 3. The Morgan fingerprint density at radius 1 is 1.16 bits per heavy atom. The van der Waals surface area contributed by atoms with Crippen molar-refractivity contribution >= 4 is 42.9 Å². The number of carboxylic acid groups (broad SMARTS) is 1. The lowest BCUT2D eigenvalue weighted by atomic mass is 10.1. The Morgan fingerprint density at radius 3 is 2.58 bits per heavy atom. The van der Waals surface area contributed by atoms with Crippen molar-refractivity contribution in [3.05, 3.63) is 52.1 Å². The summed E-state index contributed by atoms with van der Waals surface area (Å²) in [6, 6.07) is 4.60. The van der Waals surface area contributed by atoms with E-state index in [0.29, 0.717) is 17.8 Å². The second-order valence-corrected chi connectivity index (χ2v) is 17.6. The molecule has 2 aliphatic heterocycles. The van der Waals surface area contributed by atoms with Crippen LogP contribution in [0.3, 0.4) is 0 Å². The van der Waals surface area contributed by atoms with Gasteiger partial charge in [-0.1, -0.05) is 31.2 Å². The van der Waals surface area contributed by atoms with E-state index in [1.165, 1.54) is 6.07 Å². The fraction of sp³-hybridized carbons (Fsp3) is 0.464. The van der Waals surface area contributed by atoms with Gasteiger partial charge in [-0.25, -0.2) is 13.6 Å². The van der Waals surface area contributed by atoms with E-state index < -0.39 is 56.7 Å². The van der Waals surface area contributed by atoms with Gasteiger partial charge in [-0.15, -0.1) is 0 Å². The van der Waals surface area contributed by atoms with E-state index >= 15 is 0 Å². The first-order chi connectivity index (χ1) is 20.4. The third-order valence-corrected chi connectivity index (χ3v) is 8.97. The summed E-state index contributed by atoms with van der Waals surface area (Å²) in [6.07, 6.45) is -0.383. The predicted octanol–water partition coefficient (Wildman–Crippen LogP) is 4.26. The van der Waals surface area contributed by atoms with Gasteiger partial charge in [0, 0.05) is 20.8 Å². The van der Waals surface area contributed by atoms with Gasteiger partial charge in [0.25, 0.3) is 0 Å². The topological polar surface area (TPSA) is 134 Å². The number of halogens is 3. The molecule has 43 heavy (non-hydrogen) atoms. The number of hydrogen-bond acceptors (Lipinski definition) is 9. The molecule has 2 aliphatic rings. The molecular weight excluding hydrogens is 608 g/mol. The zero-order valence-corrected chi connectivity index (χ0v) is 25.5. The quantitative estimate of drug-likeness (QED) is 0.168. The summed E-state index contributed by atoms with van der Waals surface area (Å²) in [5, 5.41) is 18.9. The molecule has 2 N–H and O–H groups in total. The summed E-state index contributed by atoms with van der Waals surface area (Å²) in [5.74, 6) is -3.18. The SMILES string of the molecule is C[Si](C)(C)CCOCn1c(O[C@@H]2CO[C@H]3[C@@H]2OC[C@H]3O)nc2cc(Cl)c(OCc3c(F)cc(/C=C/C(=O)O)cc3F)nc21. The van der Waals surface area contributed by atoms with Gasteiger partial charge in [-0.05, 0) is 35.9 Å². The molecular formula is C28H32ClF2N3O8Si.